The number of anilines is 2. The lowest BCUT2D eigenvalue weighted by atomic mass is 9.92. The molecule has 2 heterocycles. The first-order valence-electron chi connectivity index (χ1n) is 17.9. The lowest BCUT2D eigenvalue weighted by molar-refractivity contribution is -0.146. The van der Waals surface area contributed by atoms with Crippen LogP contribution in [0.25, 0.3) is 10.9 Å². The van der Waals surface area contributed by atoms with E-state index in [0.717, 1.165) is 20.8 Å². The summed E-state index contributed by atoms with van der Waals surface area (Å²) in [5.74, 6) is -0.973. The number of hydrogen-bond acceptors (Lipinski definition) is 10. The van der Waals surface area contributed by atoms with Crippen LogP contribution in [0.2, 0.25) is 0 Å². The minimum absolute atomic E-state index is 0.0135. The summed E-state index contributed by atoms with van der Waals surface area (Å²) in [5, 5.41) is 16.2. The number of para-hydroxylation sites is 3. The first-order valence-corrected chi connectivity index (χ1v) is 19.3. The van der Waals surface area contributed by atoms with Gasteiger partial charge in [-0.15, -0.1) is 0 Å². The Kier molecular flexibility index (Phi) is 12.5. The lowest BCUT2D eigenvalue weighted by Gasteiger charge is -2.30. The van der Waals surface area contributed by atoms with Crippen molar-refractivity contribution in [2.45, 2.75) is 37.0 Å². The molecule has 1 aliphatic heterocycles. The maximum atomic E-state index is 13.7. The van der Waals surface area contributed by atoms with Crippen LogP contribution in [0.5, 0.6) is 5.75 Å². The zero-order chi connectivity index (χ0) is 39.8. The van der Waals surface area contributed by atoms with E-state index in [1.807, 2.05) is 24.3 Å². The van der Waals surface area contributed by atoms with E-state index in [4.69, 9.17) is 19.9 Å². The van der Waals surface area contributed by atoms with Gasteiger partial charge in [0.25, 0.3) is 11.8 Å². The lowest BCUT2D eigenvalue weighted by Crippen LogP contribution is -2.38. The summed E-state index contributed by atoms with van der Waals surface area (Å²) in [7, 11) is -2.52. The SMILES string of the molecule is COc1ccc(S(=O)(=O)N(CCO)CCO[C@H]2C[C@@H](c3cn(C(C)=O)c4ccccc34)C=C(C(=O)NCc3ccc(C(=O)Nc4ccccc4N)cc3)O2)cc1. The second kappa shape index (κ2) is 17.6. The number of nitrogens with zero attached hydrogens (tertiary/aromatic N) is 2. The Bertz CT molecular complexity index is 2340. The number of benzene rings is 4. The fourth-order valence-corrected chi connectivity index (χ4v) is 7.81. The number of nitrogens with one attached hydrogen (secondary N) is 2. The number of allylic oxidation sites excluding steroid dienone is 1. The predicted molar refractivity (Wildman–Crippen MR) is 210 cm³/mol. The number of ether oxygens (including phenoxy) is 3. The minimum Gasteiger partial charge on any atom is -0.497 e. The molecule has 6 rings (SSSR count). The first-order chi connectivity index (χ1) is 27.0. The van der Waals surface area contributed by atoms with Crippen LogP contribution < -0.4 is 21.1 Å². The van der Waals surface area contributed by atoms with Crippen molar-refractivity contribution in [3.05, 3.63) is 132 Å². The molecule has 4 aromatic carbocycles. The van der Waals surface area contributed by atoms with Crippen LogP contribution >= 0.6 is 0 Å². The standard InChI is InChI=1S/C41H43N5O9S/c1-27(48)46-26-34(33-7-3-6-10-37(33)46)30-23-38(41(50)43-25-28-11-13-29(14-12-28)40(49)44-36-9-5-4-8-35(36)42)55-39(24-30)54-22-20-45(19-21-47)56(51,52)32-17-15-31(53-2)16-18-32/h3-18,23,26,30,39,47H,19-22,24-25,42H2,1-2H3,(H,43,50)(H,44,49)/t30-,39+/m0/s1. The summed E-state index contributed by atoms with van der Waals surface area (Å²) in [4.78, 5) is 39.0. The summed E-state index contributed by atoms with van der Waals surface area (Å²) >= 11 is 0. The molecule has 14 nitrogen and oxygen atoms in total. The molecule has 15 heteroatoms. The van der Waals surface area contributed by atoms with Crippen molar-refractivity contribution >= 4 is 50.0 Å². The van der Waals surface area contributed by atoms with E-state index in [0.29, 0.717) is 28.2 Å². The Morgan fingerprint density at radius 1 is 0.946 bits per heavy atom. The number of methoxy groups -OCH3 is 1. The maximum Gasteiger partial charge on any atom is 0.286 e. The molecule has 0 saturated carbocycles. The van der Waals surface area contributed by atoms with Crippen molar-refractivity contribution in [2.24, 2.45) is 0 Å². The molecule has 0 saturated heterocycles. The van der Waals surface area contributed by atoms with Crippen LogP contribution in [0.4, 0.5) is 11.4 Å². The number of sulfonamides is 1. The highest BCUT2D eigenvalue weighted by Gasteiger charge is 2.32. The number of aromatic nitrogens is 1. The number of rotatable bonds is 15. The van der Waals surface area contributed by atoms with Crippen molar-refractivity contribution in [1.29, 1.82) is 0 Å². The number of carbonyl (C=O) groups excluding carboxylic acids is 3. The maximum absolute atomic E-state index is 13.7. The van der Waals surface area contributed by atoms with Crippen LogP contribution in [0.1, 0.15) is 45.5 Å². The Hall–Kier alpha value is -6.00. The second-order valence-corrected chi connectivity index (χ2v) is 14.9. The smallest absolute Gasteiger partial charge is 0.286 e. The van der Waals surface area contributed by atoms with E-state index in [1.54, 1.807) is 65.4 Å². The molecule has 0 spiro atoms. The van der Waals surface area contributed by atoms with Crippen molar-refractivity contribution in [3.8, 4) is 5.75 Å². The number of nitrogen functional groups attached to an aromatic ring is 1. The summed E-state index contributed by atoms with van der Waals surface area (Å²) < 4.78 is 46.9. The van der Waals surface area contributed by atoms with Crippen LogP contribution in [-0.4, -0.2) is 79.8 Å². The van der Waals surface area contributed by atoms with Gasteiger partial charge in [-0.25, -0.2) is 8.42 Å². The van der Waals surface area contributed by atoms with Gasteiger partial charge < -0.3 is 35.7 Å². The molecule has 56 heavy (non-hydrogen) atoms. The van der Waals surface area contributed by atoms with Gasteiger partial charge in [0.05, 0.1) is 42.1 Å². The fourth-order valence-electron chi connectivity index (χ4n) is 6.39. The predicted octanol–water partition coefficient (Wildman–Crippen LogP) is 4.87. The van der Waals surface area contributed by atoms with Gasteiger partial charge in [0, 0.05) is 56.0 Å². The molecule has 0 radical (unpaired) electrons. The average Bonchev–Trinajstić information content (AvgIpc) is 3.61. The van der Waals surface area contributed by atoms with Gasteiger partial charge >= 0.3 is 0 Å². The molecule has 1 aliphatic rings. The van der Waals surface area contributed by atoms with Gasteiger partial charge in [-0.1, -0.05) is 42.5 Å². The molecular formula is C41H43N5O9S. The topological polar surface area (TPSA) is 192 Å². The van der Waals surface area contributed by atoms with E-state index in [-0.39, 0.29) is 55.1 Å². The molecule has 292 valence electrons. The summed E-state index contributed by atoms with van der Waals surface area (Å²) in [6.07, 6.45) is 2.73. The number of carbonyl (C=O) groups is 3. The summed E-state index contributed by atoms with van der Waals surface area (Å²) in [6.45, 7) is 0.777. The van der Waals surface area contributed by atoms with Crippen molar-refractivity contribution in [1.82, 2.24) is 14.2 Å². The highest BCUT2D eigenvalue weighted by atomic mass is 32.2. The summed E-state index contributed by atoms with van der Waals surface area (Å²) in [5.41, 5.74) is 9.53. The van der Waals surface area contributed by atoms with E-state index in [2.05, 4.69) is 10.6 Å². The van der Waals surface area contributed by atoms with E-state index in [9.17, 15) is 27.9 Å². The van der Waals surface area contributed by atoms with Gasteiger partial charge in [-0.3, -0.25) is 19.0 Å². The van der Waals surface area contributed by atoms with Crippen LogP contribution in [0.3, 0.4) is 0 Å². The molecule has 5 N–H and O–H groups in total. The third-order valence-electron chi connectivity index (χ3n) is 9.33. The Morgan fingerprint density at radius 3 is 2.36 bits per heavy atom. The average molecular weight is 782 g/mol. The number of hydrogen-bond donors (Lipinski definition) is 4. The molecule has 0 aliphatic carbocycles. The number of amides is 2. The van der Waals surface area contributed by atoms with Gasteiger partial charge in [0.15, 0.2) is 5.76 Å². The summed E-state index contributed by atoms with van der Waals surface area (Å²) in [6, 6.07) is 27.1. The monoisotopic (exact) mass is 781 g/mol. The zero-order valence-corrected chi connectivity index (χ0v) is 31.7. The molecule has 1 aromatic heterocycles. The van der Waals surface area contributed by atoms with Crippen molar-refractivity contribution in [3.63, 3.8) is 0 Å². The Labute approximate surface area is 324 Å². The highest BCUT2D eigenvalue weighted by Crippen LogP contribution is 2.36. The first kappa shape index (κ1) is 39.7. The van der Waals surface area contributed by atoms with Gasteiger partial charge in [-0.2, -0.15) is 4.31 Å². The number of aliphatic hydroxyl groups is 1. The fraction of sp³-hybridized carbons (Fsp3) is 0.244. The van der Waals surface area contributed by atoms with Crippen LogP contribution in [-0.2, 0) is 30.8 Å². The Morgan fingerprint density at radius 2 is 1.66 bits per heavy atom. The molecule has 2 amide bonds. The van der Waals surface area contributed by atoms with E-state index >= 15 is 0 Å². The largest absolute Gasteiger partial charge is 0.497 e. The van der Waals surface area contributed by atoms with Crippen molar-refractivity contribution in [2.75, 3.05) is 44.5 Å². The zero-order valence-electron chi connectivity index (χ0n) is 30.9. The quantitative estimate of drug-likeness (QED) is 0.107. The van der Waals surface area contributed by atoms with E-state index in [1.165, 1.54) is 38.3 Å². The van der Waals surface area contributed by atoms with Crippen LogP contribution in [0.15, 0.2) is 120 Å². The third kappa shape index (κ3) is 9.09. The van der Waals surface area contributed by atoms with Gasteiger partial charge in [0.1, 0.15) is 5.75 Å². The van der Waals surface area contributed by atoms with Crippen LogP contribution in [0, 0.1) is 0 Å². The highest BCUT2D eigenvalue weighted by molar-refractivity contribution is 7.89. The van der Waals surface area contributed by atoms with Crippen molar-refractivity contribution < 1.29 is 42.1 Å². The Balaban J connectivity index is 1.17. The minimum atomic E-state index is -4.00. The number of aliphatic hydroxyl groups excluding tert-OH is 1. The molecule has 5 aromatic rings. The normalized spacial score (nSPS) is 15.5. The second-order valence-electron chi connectivity index (χ2n) is 13.0. The van der Waals surface area contributed by atoms with E-state index < -0.39 is 34.7 Å². The molecule has 2 atom stereocenters. The van der Waals surface area contributed by atoms with Gasteiger partial charge in [0.2, 0.25) is 22.2 Å². The third-order valence-corrected chi connectivity index (χ3v) is 11.2. The molecular weight excluding hydrogens is 739 g/mol. The number of nitrogens with two attached hydrogens (primary N) is 1. The molecule has 0 fully saturated rings. The number of fused-ring (bicyclic) bond motifs is 1. The molecule has 0 bridgehead atoms. The van der Waals surface area contributed by atoms with Gasteiger partial charge in [-0.05, 0) is 71.8 Å². The molecule has 0 unspecified atom stereocenters.